The normalized spacial score (nSPS) is 14.5. The Labute approximate surface area is 591 Å². The van der Waals surface area contributed by atoms with Crippen molar-refractivity contribution in [1.82, 2.24) is 0 Å². The van der Waals surface area contributed by atoms with Gasteiger partial charge in [-0.25, -0.2) is 9.13 Å². The standard InChI is InChI=1S/C79H142O16P2/c1-4-7-10-13-16-19-22-25-27-28-29-30-31-32-33-34-35-36-37-38-39-40-41-42-43-44-46-49-50-53-56-59-62-65-77(82)89-68-74(80)69-91-96(85,86)92-70-75(81)71-93-97(87,88)94-73-76(95-79(84)67-64-61-58-55-52-47-24-21-18-15-12-9-6-3)72-90-78(83)66-63-60-57-54-51-48-45-26-23-20-17-14-11-8-5-2/h7,10,16-17,19-20,25-27,29-30,32-33,45,74-76,80-81H,4-6,8-9,11-15,18,21-24,28,31,34-44,46-73H2,1-3H3,(H,85,86)(H,87,88)/b10-7-,19-16-,20-17-,27-25-,30-29-,33-32-,45-26-. The molecule has 0 aliphatic rings. The van der Waals surface area contributed by atoms with E-state index in [4.69, 9.17) is 32.3 Å². The van der Waals surface area contributed by atoms with Crippen LogP contribution in [0.1, 0.15) is 342 Å². The third-order valence-electron chi connectivity index (χ3n) is 16.6. The minimum absolute atomic E-state index is 0.107. The van der Waals surface area contributed by atoms with E-state index in [1.165, 1.54) is 161 Å². The lowest BCUT2D eigenvalue weighted by Crippen LogP contribution is -2.30. The zero-order chi connectivity index (χ0) is 70.9. The summed E-state index contributed by atoms with van der Waals surface area (Å²) in [5.74, 6) is -1.57. The Morgan fingerprint density at radius 2 is 0.546 bits per heavy atom. The van der Waals surface area contributed by atoms with E-state index < -0.39 is 91.5 Å². The molecule has 0 aliphatic heterocycles. The minimum atomic E-state index is -4.92. The summed E-state index contributed by atoms with van der Waals surface area (Å²) in [6.07, 6.45) is 80.8. The highest BCUT2D eigenvalue weighted by Crippen LogP contribution is 2.45. The van der Waals surface area contributed by atoms with Gasteiger partial charge in [0.05, 0.1) is 26.4 Å². The summed E-state index contributed by atoms with van der Waals surface area (Å²) in [5.41, 5.74) is 0. The van der Waals surface area contributed by atoms with Crippen LogP contribution >= 0.6 is 15.6 Å². The number of hydrogen-bond acceptors (Lipinski definition) is 14. The first-order chi connectivity index (χ1) is 47.2. The topological polar surface area (TPSA) is 231 Å². The van der Waals surface area contributed by atoms with Gasteiger partial charge in [-0.1, -0.05) is 311 Å². The second kappa shape index (κ2) is 72.5. The molecule has 5 unspecified atom stereocenters. The van der Waals surface area contributed by atoms with Gasteiger partial charge in [-0.3, -0.25) is 32.5 Å². The van der Waals surface area contributed by atoms with Crippen molar-refractivity contribution in [2.75, 3.05) is 39.6 Å². The van der Waals surface area contributed by atoms with Gasteiger partial charge in [0.2, 0.25) is 0 Å². The van der Waals surface area contributed by atoms with Gasteiger partial charge in [-0.15, -0.1) is 0 Å². The molecule has 97 heavy (non-hydrogen) atoms. The van der Waals surface area contributed by atoms with Crippen molar-refractivity contribution in [1.29, 1.82) is 0 Å². The molecule has 0 heterocycles. The van der Waals surface area contributed by atoms with Gasteiger partial charge in [-0.05, 0) is 96.3 Å². The second-order valence-electron chi connectivity index (χ2n) is 26.1. The first-order valence-corrected chi connectivity index (χ1v) is 41.9. The lowest BCUT2D eigenvalue weighted by molar-refractivity contribution is -0.161. The van der Waals surface area contributed by atoms with Crippen LogP contribution in [0.3, 0.4) is 0 Å². The van der Waals surface area contributed by atoms with Crippen molar-refractivity contribution in [3.63, 3.8) is 0 Å². The van der Waals surface area contributed by atoms with Gasteiger partial charge in [0.25, 0.3) is 0 Å². The minimum Gasteiger partial charge on any atom is -0.463 e. The molecule has 0 aromatic carbocycles. The maximum absolute atomic E-state index is 12.9. The molecule has 564 valence electrons. The van der Waals surface area contributed by atoms with Crippen molar-refractivity contribution in [3.05, 3.63) is 85.1 Å². The van der Waals surface area contributed by atoms with Gasteiger partial charge in [0.15, 0.2) is 6.10 Å². The number of unbranched alkanes of at least 4 members (excludes halogenated alkanes) is 37. The molecular weight excluding hydrogens is 1270 g/mol. The molecule has 0 rings (SSSR count). The maximum Gasteiger partial charge on any atom is 0.472 e. The first-order valence-electron chi connectivity index (χ1n) is 38.9. The van der Waals surface area contributed by atoms with Crippen molar-refractivity contribution >= 4 is 33.6 Å². The monoisotopic (exact) mass is 1410 g/mol. The Hall–Kier alpha value is -3.27. The lowest BCUT2D eigenvalue weighted by Gasteiger charge is -2.21. The van der Waals surface area contributed by atoms with Crippen LogP contribution in [0.25, 0.3) is 0 Å². The van der Waals surface area contributed by atoms with Crippen LogP contribution in [0, 0.1) is 0 Å². The number of carbonyl (C=O) groups is 3. The number of aliphatic hydroxyl groups excluding tert-OH is 2. The third-order valence-corrected chi connectivity index (χ3v) is 18.5. The zero-order valence-electron chi connectivity index (χ0n) is 61.5. The number of ether oxygens (including phenoxy) is 3. The summed E-state index contributed by atoms with van der Waals surface area (Å²) in [7, 11) is -9.77. The fourth-order valence-electron chi connectivity index (χ4n) is 10.7. The highest BCUT2D eigenvalue weighted by Gasteiger charge is 2.29. The summed E-state index contributed by atoms with van der Waals surface area (Å²) in [6, 6.07) is 0. The maximum atomic E-state index is 12.9. The van der Waals surface area contributed by atoms with Crippen LogP contribution in [0.2, 0.25) is 0 Å². The zero-order valence-corrected chi connectivity index (χ0v) is 63.3. The molecule has 0 saturated heterocycles. The molecule has 0 aliphatic carbocycles. The summed E-state index contributed by atoms with van der Waals surface area (Å²) in [6.45, 7) is 2.56. The van der Waals surface area contributed by atoms with Gasteiger partial charge in [0, 0.05) is 19.3 Å². The summed E-state index contributed by atoms with van der Waals surface area (Å²) < 4.78 is 61.0. The quantitative estimate of drug-likeness (QED) is 0.0146. The number of allylic oxidation sites excluding steroid dienone is 14. The molecule has 16 nitrogen and oxygen atoms in total. The van der Waals surface area contributed by atoms with Gasteiger partial charge in [-0.2, -0.15) is 0 Å². The average Bonchev–Trinajstić information content (AvgIpc) is 1.49. The Bertz CT molecular complexity index is 2110. The number of hydrogen-bond donors (Lipinski definition) is 4. The molecule has 0 radical (unpaired) electrons. The molecular formula is C79H142O16P2. The average molecular weight is 1410 g/mol. The number of esters is 3. The molecule has 0 aromatic rings. The summed E-state index contributed by atoms with van der Waals surface area (Å²) >= 11 is 0. The van der Waals surface area contributed by atoms with E-state index in [2.05, 4.69) is 106 Å². The second-order valence-corrected chi connectivity index (χ2v) is 29.0. The van der Waals surface area contributed by atoms with Crippen LogP contribution in [-0.4, -0.2) is 95.9 Å². The van der Waals surface area contributed by atoms with Gasteiger partial charge in [0.1, 0.15) is 25.4 Å². The van der Waals surface area contributed by atoms with Gasteiger partial charge >= 0.3 is 33.6 Å². The SMILES string of the molecule is CC/C=C\C/C=C\C/C=C\C/C=C\C/C=C\CCCCCCCCCCCCCCCCCCCC(=O)OCC(O)COP(=O)(O)OCC(O)COP(=O)(O)OCC(COC(=O)CCCCCCC/C=C\C/C=C\CCCCC)OC(=O)CCCCCCCCCCCCCCC. The number of aliphatic hydroxyl groups is 2. The first kappa shape index (κ1) is 93.7. The van der Waals surface area contributed by atoms with E-state index in [-0.39, 0.29) is 19.3 Å². The molecule has 18 heteroatoms. The van der Waals surface area contributed by atoms with E-state index in [0.29, 0.717) is 19.3 Å². The number of phosphoric acid groups is 2. The van der Waals surface area contributed by atoms with Crippen molar-refractivity contribution in [2.24, 2.45) is 0 Å². The van der Waals surface area contributed by atoms with Crippen LogP contribution < -0.4 is 0 Å². The number of rotatable bonds is 74. The van der Waals surface area contributed by atoms with Crippen LogP contribution in [0.4, 0.5) is 0 Å². The summed E-state index contributed by atoms with van der Waals surface area (Å²) in [4.78, 5) is 58.5. The number of carbonyl (C=O) groups excluding carboxylic acids is 3. The largest absolute Gasteiger partial charge is 0.472 e. The molecule has 0 bridgehead atoms. The molecule has 0 fully saturated rings. The van der Waals surface area contributed by atoms with E-state index in [1.807, 2.05) is 0 Å². The number of phosphoric ester groups is 2. The van der Waals surface area contributed by atoms with Crippen LogP contribution in [0.15, 0.2) is 85.1 Å². The van der Waals surface area contributed by atoms with Gasteiger partial charge < -0.3 is 34.2 Å². The van der Waals surface area contributed by atoms with E-state index >= 15 is 0 Å². The Balaban J connectivity index is 4.34. The summed E-state index contributed by atoms with van der Waals surface area (Å²) in [5, 5.41) is 20.6. The van der Waals surface area contributed by atoms with Crippen molar-refractivity contribution in [3.8, 4) is 0 Å². The highest BCUT2D eigenvalue weighted by atomic mass is 31.2. The smallest absolute Gasteiger partial charge is 0.463 e. The third kappa shape index (κ3) is 73.8. The van der Waals surface area contributed by atoms with E-state index in [1.54, 1.807) is 0 Å². The van der Waals surface area contributed by atoms with Crippen LogP contribution in [0.5, 0.6) is 0 Å². The molecule has 5 atom stereocenters. The highest BCUT2D eigenvalue weighted by molar-refractivity contribution is 7.47. The molecule has 0 aromatic heterocycles. The predicted octanol–water partition coefficient (Wildman–Crippen LogP) is 22.4. The Kier molecular flexibility index (Phi) is 70.1. The lowest BCUT2D eigenvalue weighted by atomic mass is 10.0. The fraction of sp³-hybridized carbons (Fsp3) is 0.785. The van der Waals surface area contributed by atoms with Crippen molar-refractivity contribution in [2.45, 2.75) is 360 Å². The fourth-order valence-corrected chi connectivity index (χ4v) is 12.3. The van der Waals surface area contributed by atoms with E-state index in [0.717, 1.165) is 122 Å². The molecule has 0 saturated carbocycles. The van der Waals surface area contributed by atoms with Crippen molar-refractivity contribution < 1.29 is 75.8 Å². The molecule has 4 N–H and O–H groups in total. The predicted molar refractivity (Wildman–Crippen MR) is 399 cm³/mol. The van der Waals surface area contributed by atoms with Crippen LogP contribution in [-0.2, 0) is 55.8 Å². The molecule has 0 amide bonds. The van der Waals surface area contributed by atoms with E-state index in [9.17, 15) is 43.5 Å². The Morgan fingerprint density at radius 1 is 0.299 bits per heavy atom. The molecule has 0 spiro atoms. The Morgan fingerprint density at radius 3 is 0.887 bits per heavy atom.